The lowest BCUT2D eigenvalue weighted by molar-refractivity contribution is -0.194. The molecule has 2 N–H and O–H groups in total. The molecule has 3 rings (SSSR count). The molecule has 3 atom stereocenters. The Balaban J connectivity index is 1.71. The fourth-order valence-corrected chi connectivity index (χ4v) is 3.99. The van der Waals surface area contributed by atoms with Crippen molar-refractivity contribution < 1.29 is 14.2 Å². The van der Waals surface area contributed by atoms with E-state index in [-0.39, 0.29) is 11.8 Å². The van der Waals surface area contributed by atoms with Crippen molar-refractivity contribution in [2.45, 2.75) is 62.9 Å². The summed E-state index contributed by atoms with van der Waals surface area (Å²) in [5, 5.41) is 0. The van der Waals surface area contributed by atoms with E-state index in [0.29, 0.717) is 12.1 Å². The van der Waals surface area contributed by atoms with Gasteiger partial charge in [0.15, 0.2) is 5.79 Å². The van der Waals surface area contributed by atoms with Crippen molar-refractivity contribution in [3.05, 3.63) is 0 Å². The summed E-state index contributed by atoms with van der Waals surface area (Å²) in [4.78, 5) is 2.57. The summed E-state index contributed by atoms with van der Waals surface area (Å²) >= 11 is 0. The number of hydrogen-bond acceptors (Lipinski definition) is 5. The highest BCUT2D eigenvalue weighted by Crippen LogP contribution is 2.41. The minimum atomic E-state index is -0.366. The molecule has 3 unspecified atom stereocenters. The highest BCUT2D eigenvalue weighted by atomic mass is 16.7. The van der Waals surface area contributed by atoms with Gasteiger partial charge in [-0.05, 0) is 32.1 Å². The Morgan fingerprint density at radius 1 is 1.29 bits per heavy atom. The number of nitrogens with two attached hydrogens (primary N) is 1. The molecule has 5 nitrogen and oxygen atoms in total. The van der Waals surface area contributed by atoms with Gasteiger partial charge >= 0.3 is 0 Å². The normalized spacial score (nSPS) is 33.7. The van der Waals surface area contributed by atoms with Crippen LogP contribution in [0, 0.1) is 5.92 Å². The van der Waals surface area contributed by atoms with Crippen molar-refractivity contribution in [1.29, 1.82) is 0 Å². The van der Waals surface area contributed by atoms with Gasteiger partial charge in [-0.1, -0.05) is 0 Å². The molecule has 2 saturated carbocycles. The predicted molar refractivity (Wildman–Crippen MR) is 81.0 cm³/mol. The van der Waals surface area contributed by atoms with E-state index < -0.39 is 0 Å². The van der Waals surface area contributed by atoms with Crippen molar-refractivity contribution in [3.63, 3.8) is 0 Å². The Labute approximate surface area is 128 Å². The van der Waals surface area contributed by atoms with Crippen LogP contribution in [0.1, 0.15) is 39.0 Å². The van der Waals surface area contributed by atoms with Gasteiger partial charge in [0.2, 0.25) is 0 Å². The molecule has 3 aliphatic rings. The zero-order chi connectivity index (χ0) is 14.9. The highest BCUT2D eigenvalue weighted by Gasteiger charge is 2.47. The lowest BCUT2D eigenvalue weighted by Crippen LogP contribution is -2.59. The molecule has 0 amide bonds. The van der Waals surface area contributed by atoms with Crippen LogP contribution in [-0.4, -0.2) is 62.3 Å². The summed E-state index contributed by atoms with van der Waals surface area (Å²) in [6, 6.07) is 1.12. The number of methoxy groups -OCH3 is 1. The maximum atomic E-state index is 6.47. The summed E-state index contributed by atoms with van der Waals surface area (Å²) in [5.41, 5.74) is 6.47. The minimum Gasteiger partial charge on any atom is -0.383 e. The van der Waals surface area contributed by atoms with Gasteiger partial charge in [0.1, 0.15) is 0 Å². The van der Waals surface area contributed by atoms with Crippen molar-refractivity contribution in [1.82, 2.24) is 4.90 Å². The first kappa shape index (κ1) is 15.7. The Hall–Kier alpha value is -0.200. The molecule has 2 aliphatic carbocycles. The average molecular weight is 298 g/mol. The first-order valence-corrected chi connectivity index (χ1v) is 8.43. The van der Waals surface area contributed by atoms with Crippen molar-refractivity contribution in [3.8, 4) is 0 Å². The van der Waals surface area contributed by atoms with Crippen LogP contribution in [-0.2, 0) is 14.2 Å². The molecule has 1 spiro atoms. The molecular formula is C16H30N2O3. The molecule has 1 heterocycles. The van der Waals surface area contributed by atoms with Crippen molar-refractivity contribution >= 4 is 0 Å². The van der Waals surface area contributed by atoms with Gasteiger partial charge in [-0.25, -0.2) is 0 Å². The van der Waals surface area contributed by atoms with E-state index in [1.54, 1.807) is 7.11 Å². The maximum absolute atomic E-state index is 6.47. The predicted octanol–water partition coefficient (Wildman–Crippen LogP) is 1.36. The van der Waals surface area contributed by atoms with Gasteiger partial charge < -0.3 is 19.9 Å². The van der Waals surface area contributed by atoms with E-state index in [0.717, 1.165) is 51.5 Å². The lowest BCUT2D eigenvalue weighted by Gasteiger charge is -2.47. The van der Waals surface area contributed by atoms with Gasteiger partial charge in [0.05, 0.1) is 19.8 Å². The second-order valence-corrected chi connectivity index (χ2v) is 6.89. The lowest BCUT2D eigenvalue weighted by atomic mass is 9.84. The number of rotatable bonds is 6. The third kappa shape index (κ3) is 3.42. The summed E-state index contributed by atoms with van der Waals surface area (Å²) in [6.07, 6.45) is 5.51. The topological polar surface area (TPSA) is 57.0 Å². The Morgan fingerprint density at radius 2 is 2.00 bits per heavy atom. The molecule has 0 radical (unpaired) electrons. The summed E-state index contributed by atoms with van der Waals surface area (Å²) in [5.74, 6) is 0.465. The van der Waals surface area contributed by atoms with Crippen LogP contribution in [0.5, 0.6) is 0 Å². The number of nitrogens with zero attached hydrogens (tertiary/aromatic N) is 1. The molecular weight excluding hydrogens is 268 g/mol. The van der Waals surface area contributed by atoms with Gasteiger partial charge in [0.25, 0.3) is 0 Å². The maximum Gasteiger partial charge on any atom is 0.170 e. The van der Waals surface area contributed by atoms with Crippen LogP contribution in [0.15, 0.2) is 0 Å². The van der Waals surface area contributed by atoms with Crippen molar-refractivity contribution in [2.75, 3.05) is 33.5 Å². The summed E-state index contributed by atoms with van der Waals surface area (Å²) in [7, 11) is 1.77. The zero-order valence-electron chi connectivity index (χ0n) is 13.4. The monoisotopic (exact) mass is 298 g/mol. The molecule has 0 bridgehead atoms. The SMILES string of the molecule is COCCN(C(C)C1CC1)C1CC2(CCC1N)OCCO2. The van der Waals surface area contributed by atoms with Crippen LogP contribution >= 0.6 is 0 Å². The molecule has 5 heteroatoms. The highest BCUT2D eigenvalue weighted by molar-refractivity contribution is 4.98. The number of ether oxygens (including phenoxy) is 3. The molecule has 0 aromatic rings. The first-order chi connectivity index (χ1) is 10.2. The fourth-order valence-electron chi connectivity index (χ4n) is 3.99. The molecule has 122 valence electrons. The number of hydrogen-bond donors (Lipinski definition) is 1. The van der Waals surface area contributed by atoms with E-state index in [2.05, 4.69) is 11.8 Å². The fraction of sp³-hybridized carbons (Fsp3) is 1.00. The molecule has 3 fully saturated rings. The smallest absolute Gasteiger partial charge is 0.170 e. The third-order valence-corrected chi connectivity index (χ3v) is 5.49. The quantitative estimate of drug-likeness (QED) is 0.802. The largest absolute Gasteiger partial charge is 0.383 e. The van der Waals surface area contributed by atoms with Crippen LogP contribution in [0.3, 0.4) is 0 Å². The van der Waals surface area contributed by atoms with E-state index in [1.165, 1.54) is 12.8 Å². The standard InChI is InChI=1S/C16H30N2O3/c1-12(13-3-4-13)18(7-8-19-2)15-11-16(6-5-14(15)17)20-9-10-21-16/h12-15H,3-11,17H2,1-2H3. The van der Waals surface area contributed by atoms with Crippen LogP contribution in [0.4, 0.5) is 0 Å². The Morgan fingerprint density at radius 3 is 2.62 bits per heavy atom. The van der Waals surface area contributed by atoms with Crippen LogP contribution < -0.4 is 5.73 Å². The second-order valence-electron chi connectivity index (χ2n) is 6.89. The van der Waals surface area contributed by atoms with Gasteiger partial charge in [-0.15, -0.1) is 0 Å². The minimum absolute atomic E-state index is 0.210. The van der Waals surface area contributed by atoms with E-state index in [9.17, 15) is 0 Å². The van der Waals surface area contributed by atoms with Crippen molar-refractivity contribution in [2.24, 2.45) is 11.7 Å². The van der Waals surface area contributed by atoms with Gasteiger partial charge in [-0.2, -0.15) is 0 Å². The molecule has 1 aliphatic heterocycles. The molecule has 0 aromatic carbocycles. The molecule has 1 saturated heterocycles. The average Bonchev–Trinajstić information content (AvgIpc) is 3.24. The second kappa shape index (κ2) is 6.50. The third-order valence-electron chi connectivity index (χ3n) is 5.49. The Bertz CT molecular complexity index is 342. The van der Waals surface area contributed by atoms with Gasteiger partial charge in [0, 0.05) is 44.6 Å². The Kier molecular flexibility index (Phi) is 4.86. The zero-order valence-corrected chi connectivity index (χ0v) is 13.4. The van der Waals surface area contributed by atoms with E-state index in [1.807, 2.05) is 0 Å². The summed E-state index contributed by atoms with van der Waals surface area (Å²) < 4.78 is 17.2. The van der Waals surface area contributed by atoms with E-state index >= 15 is 0 Å². The van der Waals surface area contributed by atoms with Crippen LogP contribution in [0.25, 0.3) is 0 Å². The van der Waals surface area contributed by atoms with Gasteiger partial charge in [-0.3, -0.25) is 4.90 Å². The van der Waals surface area contributed by atoms with E-state index in [4.69, 9.17) is 19.9 Å². The summed E-state index contributed by atoms with van der Waals surface area (Å²) in [6.45, 7) is 5.49. The molecule has 0 aromatic heterocycles. The van der Waals surface area contributed by atoms with Crippen LogP contribution in [0.2, 0.25) is 0 Å². The first-order valence-electron chi connectivity index (χ1n) is 8.43. The molecule has 21 heavy (non-hydrogen) atoms.